The number of hydrogen-bond acceptors (Lipinski definition) is 7. The average Bonchev–Trinajstić information content (AvgIpc) is 3.02. The van der Waals surface area contributed by atoms with Gasteiger partial charge in [-0.2, -0.15) is 30.4 Å². The Bertz CT molecular complexity index is 1810. The number of alkyl halides is 5. The van der Waals surface area contributed by atoms with Gasteiger partial charge in [0.2, 0.25) is 0 Å². The molecule has 0 saturated carbocycles. The molecule has 0 radical (unpaired) electrons. The summed E-state index contributed by atoms with van der Waals surface area (Å²) in [5, 5.41) is -4.64. The van der Waals surface area contributed by atoms with Gasteiger partial charge < -0.3 is 18.9 Å². The SMILES string of the molecule is Cc1cc([S+](c2ccc(C(C)(C)C)cc2)c2ccc(C3(C)OCC(C)(C(F)(F)F)CO3)cc2)cc(C)c1OC(=O)COC(C)C(F)(F)S(=O)(=O)O. The van der Waals surface area contributed by atoms with Crippen molar-refractivity contribution in [3.63, 3.8) is 0 Å². The Hall–Kier alpha value is -3.08. The van der Waals surface area contributed by atoms with Gasteiger partial charge in [-0.3, -0.25) is 4.55 Å². The van der Waals surface area contributed by atoms with E-state index in [0.717, 1.165) is 27.2 Å². The van der Waals surface area contributed by atoms with Crippen LogP contribution in [-0.2, 0) is 51.2 Å². The summed E-state index contributed by atoms with van der Waals surface area (Å²) < 4.78 is 121. The minimum atomic E-state index is -5.77. The molecule has 1 aliphatic rings. The summed E-state index contributed by atoms with van der Waals surface area (Å²) in [4.78, 5) is 15.2. The molecule has 1 N–H and O–H groups in total. The van der Waals surface area contributed by atoms with Gasteiger partial charge in [0.25, 0.3) is 0 Å². The molecule has 4 rings (SSSR count). The molecule has 2 atom stereocenters. The molecule has 51 heavy (non-hydrogen) atoms. The summed E-state index contributed by atoms with van der Waals surface area (Å²) in [6, 6.07) is 19.1. The number of halogens is 5. The molecule has 0 aliphatic carbocycles. The Labute approximate surface area is 297 Å². The first-order valence-corrected chi connectivity index (χ1v) is 18.5. The topological polar surface area (TPSA) is 108 Å². The van der Waals surface area contributed by atoms with E-state index in [1.165, 1.54) is 0 Å². The number of ether oxygens (including phenoxy) is 4. The first kappa shape index (κ1) is 40.7. The van der Waals surface area contributed by atoms with Gasteiger partial charge in [-0.1, -0.05) is 32.9 Å². The molecule has 0 bridgehead atoms. The Kier molecular flexibility index (Phi) is 11.5. The van der Waals surface area contributed by atoms with Crippen LogP contribution in [0.2, 0.25) is 0 Å². The van der Waals surface area contributed by atoms with Crippen LogP contribution in [-0.4, -0.2) is 56.3 Å². The standard InChI is InChI=1S/C36H41F5O8S2/c1-22-17-29(18-23(2)31(22)49-30(42)19-46-24(3)35(37,38)51(43,44)45)50(27-13-9-25(10-14-27)32(4,5)6)28-15-11-26(12-16-28)34(8)47-20-33(7,21-48-34)36(39,40)41/h9-18,24H,19-21H2,1-8H3/p+1. The van der Waals surface area contributed by atoms with E-state index in [9.17, 15) is 35.2 Å². The number of rotatable bonds is 10. The van der Waals surface area contributed by atoms with Crippen molar-refractivity contribution < 1.29 is 58.7 Å². The van der Waals surface area contributed by atoms with E-state index in [1.807, 2.05) is 36.4 Å². The van der Waals surface area contributed by atoms with E-state index in [1.54, 1.807) is 32.9 Å². The van der Waals surface area contributed by atoms with Gasteiger partial charge in [-0.15, -0.1) is 0 Å². The van der Waals surface area contributed by atoms with E-state index in [-0.39, 0.29) is 11.2 Å². The fourth-order valence-electron chi connectivity index (χ4n) is 5.23. The van der Waals surface area contributed by atoms with Crippen LogP contribution in [0.15, 0.2) is 75.4 Å². The lowest BCUT2D eigenvalue weighted by molar-refractivity contribution is -0.354. The predicted octanol–water partition coefficient (Wildman–Crippen LogP) is 8.28. The molecule has 0 aromatic heterocycles. The minimum absolute atomic E-state index is 0.0983. The van der Waals surface area contributed by atoms with Gasteiger partial charge in [-0.25, -0.2) is 4.79 Å². The molecule has 2 unspecified atom stereocenters. The first-order valence-electron chi connectivity index (χ1n) is 15.9. The van der Waals surface area contributed by atoms with Crippen molar-refractivity contribution in [2.24, 2.45) is 5.41 Å². The van der Waals surface area contributed by atoms with Crippen LogP contribution in [0.4, 0.5) is 22.0 Å². The molecule has 0 spiro atoms. The van der Waals surface area contributed by atoms with Gasteiger partial charge >= 0.3 is 27.5 Å². The fraction of sp³-hybridized carbons (Fsp3) is 0.472. The largest absolute Gasteiger partial charge is 0.424 e. The summed E-state index contributed by atoms with van der Waals surface area (Å²) in [5.41, 5.74) is 0.522. The van der Waals surface area contributed by atoms with E-state index in [4.69, 9.17) is 23.5 Å². The number of benzene rings is 3. The third kappa shape index (κ3) is 8.77. The van der Waals surface area contributed by atoms with E-state index >= 15 is 0 Å². The van der Waals surface area contributed by atoms with Gasteiger partial charge in [0.1, 0.15) is 23.9 Å². The van der Waals surface area contributed by atoms with Crippen molar-refractivity contribution in [1.29, 1.82) is 0 Å². The second kappa shape index (κ2) is 14.4. The summed E-state index contributed by atoms with van der Waals surface area (Å²) in [6.45, 7) is 10.9. The highest BCUT2D eigenvalue weighted by molar-refractivity contribution is 7.97. The number of carbonyl (C=O) groups is 1. The lowest BCUT2D eigenvalue weighted by Gasteiger charge is -2.43. The van der Waals surface area contributed by atoms with Crippen LogP contribution in [0, 0.1) is 19.3 Å². The Morgan fingerprint density at radius 2 is 1.35 bits per heavy atom. The summed E-state index contributed by atoms with van der Waals surface area (Å²) in [7, 11) is -6.50. The molecular formula is C36H42F5O8S2+. The second-order valence-corrected chi connectivity index (χ2v) is 17.6. The quantitative estimate of drug-likeness (QED) is 0.0724. The van der Waals surface area contributed by atoms with Gasteiger partial charge in [0.15, 0.2) is 20.5 Å². The molecule has 1 saturated heterocycles. The van der Waals surface area contributed by atoms with Crippen LogP contribution in [0.3, 0.4) is 0 Å². The molecular weight excluding hydrogens is 720 g/mol. The van der Waals surface area contributed by atoms with Crippen LogP contribution in [0.5, 0.6) is 5.75 Å². The minimum Gasteiger partial charge on any atom is -0.424 e. The molecule has 3 aromatic rings. The van der Waals surface area contributed by atoms with Crippen molar-refractivity contribution in [2.45, 2.75) is 98.8 Å². The molecule has 15 heteroatoms. The zero-order valence-electron chi connectivity index (χ0n) is 29.5. The van der Waals surface area contributed by atoms with Crippen LogP contribution >= 0.6 is 0 Å². The zero-order valence-corrected chi connectivity index (χ0v) is 31.1. The molecule has 1 heterocycles. The Morgan fingerprint density at radius 3 is 1.78 bits per heavy atom. The van der Waals surface area contributed by atoms with Crippen molar-refractivity contribution >= 4 is 27.0 Å². The monoisotopic (exact) mass is 761 g/mol. The van der Waals surface area contributed by atoms with Crippen molar-refractivity contribution in [3.8, 4) is 5.75 Å². The number of aryl methyl sites for hydroxylation is 2. The molecule has 280 valence electrons. The molecule has 1 fully saturated rings. The second-order valence-electron chi connectivity index (χ2n) is 14.0. The maximum absolute atomic E-state index is 13.8. The van der Waals surface area contributed by atoms with E-state index in [2.05, 4.69) is 32.9 Å². The van der Waals surface area contributed by atoms with Crippen molar-refractivity contribution in [2.75, 3.05) is 19.8 Å². The summed E-state index contributed by atoms with van der Waals surface area (Å²) in [6.07, 6.45) is -6.82. The molecule has 8 nitrogen and oxygen atoms in total. The zero-order chi connectivity index (χ0) is 38.4. The maximum atomic E-state index is 13.8. The normalized spacial score (nSPS) is 21.6. The molecule has 3 aromatic carbocycles. The predicted molar refractivity (Wildman–Crippen MR) is 181 cm³/mol. The number of carbonyl (C=O) groups excluding carboxylic acids is 1. The van der Waals surface area contributed by atoms with Crippen molar-refractivity contribution in [3.05, 3.63) is 82.9 Å². The lowest BCUT2D eigenvalue weighted by atomic mass is 9.87. The summed E-state index contributed by atoms with van der Waals surface area (Å²) in [5.74, 6) is -2.29. The van der Waals surface area contributed by atoms with Crippen LogP contribution in [0.1, 0.15) is 63.8 Å². The van der Waals surface area contributed by atoms with Gasteiger partial charge in [-0.05, 0) is 93.1 Å². The fourth-order valence-corrected chi connectivity index (χ4v) is 7.94. The van der Waals surface area contributed by atoms with Crippen LogP contribution < -0.4 is 4.74 Å². The van der Waals surface area contributed by atoms with Gasteiger partial charge in [0.05, 0.1) is 24.1 Å². The number of hydrogen-bond donors (Lipinski definition) is 1. The van der Waals surface area contributed by atoms with E-state index in [0.29, 0.717) is 23.6 Å². The third-order valence-electron chi connectivity index (χ3n) is 8.74. The lowest BCUT2D eigenvalue weighted by Crippen LogP contribution is -2.52. The smallest absolute Gasteiger partial charge is 0.398 e. The first-order chi connectivity index (χ1) is 23.3. The van der Waals surface area contributed by atoms with Crippen molar-refractivity contribution in [1.82, 2.24) is 0 Å². The third-order valence-corrected chi connectivity index (χ3v) is 12.0. The highest BCUT2D eigenvalue weighted by Crippen LogP contribution is 2.46. The Morgan fingerprint density at radius 1 is 0.882 bits per heavy atom. The average molecular weight is 762 g/mol. The molecule has 1 aliphatic heterocycles. The summed E-state index contributed by atoms with van der Waals surface area (Å²) >= 11 is 0. The van der Waals surface area contributed by atoms with Crippen LogP contribution in [0.25, 0.3) is 0 Å². The van der Waals surface area contributed by atoms with Gasteiger partial charge in [0, 0.05) is 17.7 Å². The molecule has 0 amide bonds. The number of esters is 1. The maximum Gasteiger partial charge on any atom is 0.398 e. The highest BCUT2D eigenvalue weighted by atomic mass is 32.2. The Balaban J connectivity index is 1.64. The highest BCUT2D eigenvalue weighted by Gasteiger charge is 2.56. The van der Waals surface area contributed by atoms with E-state index < -0.39 is 75.5 Å².